The van der Waals surface area contributed by atoms with E-state index in [1.165, 1.54) is 70.6 Å². The van der Waals surface area contributed by atoms with Crippen LogP contribution in [0.2, 0.25) is 0 Å². The van der Waals surface area contributed by atoms with Crippen molar-refractivity contribution in [2.24, 2.45) is 23.2 Å². The molecule has 0 N–H and O–H groups in total. The first kappa shape index (κ1) is 22.0. The predicted octanol–water partition coefficient (Wildman–Crippen LogP) is 8.25. The summed E-state index contributed by atoms with van der Waals surface area (Å²) in [4.78, 5) is 0. The van der Waals surface area contributed by atoms with Crippen molar-refractivity contribution < 1.29 is 0 Å². The van der Waals surface area contributed by atoms with Crippen LogP contribution in [0.1, 0.15) is 119 Å². The second-order valence-electron chi connectivity index (χ2n) is 9.27. The zero-order valence-electron chi connectivity index (χ0n) is 17.0. The second kappa shape index (κ2) is 12.4. The lowest BCUT2D eigenvalue weighted by atomic mass is 9.80. The van der Waals surface area contributed by atoms with E-state index in [2.05, 4.69) is 48.5 Å². The lowest BCUT2D eigenvalue weighted by Crippen LogP contribution is -2.12. The Labute approximate surface area is 142 Å². The van der Waals surface area contributed by atoms with Crippen LogP contribution >= 0.6 is 0 Å². The Morgan fingerprint density at radius 1 is 0.636 bits per heavy atom. The third kappa shape index (κ3) is 13.6. The van der Waals surface area contributed by atoms with Crippen molar-refractivity contribution in [2.45, 2.75) is 119 Å². The van der Waals surface area contributed by atoms with Crippen LogP contribution in [-0.4, -0.2) is 0 Å². The van der Waals surface area contributed by atoms with Crippen LogP contribution in [0.5, 0.6) is 0 Å². The number of hydrogen-bond donors (Lipinski definition) is 0. The molecule has 2 unspecified atom stereocenters. The van der Waals surface area contributed by atoms with E-state index in [9.17, 15) is 0 Å². The van der Waals surface area contributed by atoms with Gasteiger partial charge >= 0.3 is 0 Å². The zero-order valence-corrected chi connectivity index (χ0v) is 17.0. The van der Waals surface area contributed by atoms with E-state index in [-0.39, 0.29) is 0 Å². The average molecular weight is 311 g/mol. The highest BCUT2D eigenvalue weighted by atomic mass is 14.2. The lowest BCUT2D eigenvalue weighted by Gasteiger charge is -2.26. The molecule has 0 aliphatic rings. The van der Waals surface area contributed by atoms with Crippen molar-refractivity contribution in [2.75, 3.05) is 0 Å². The Bertz CT molecular complexity index is 238. The van der Waals surface area contributed by atoms with E-state index in [0.29, 0.717) is 5.41 Å². The van der Waals surface area contributed by atoms with Crippen LogP contribution in [0.3, 0.4) is 0 Å². The van der Waals surface area contributed by atoms with E-state index in [4.69, 9.17) is 0 Å². The zero-order chi connectivity index (χ0) is 17.0. The van der Waals surface area contributed by atoms with Crippen molar-refractivity contribution in [1.82, 2.24) is 0 Å². The molecule has 0 nitrogen and oxygen atoms in total. The monoisotopic (exact) mass is 310 g/mol. The Morgan fingerprint density at radius 2 is 1.09 bits per heavy atom. The average Bonchev–Trinajstić information content (AvgIpc) is 2.38. The summed E-state index contributed by atoms with van der Waals surface area (Å²) in [6.07, 6.45) is 15.6. The second-order valence-corrected chi connectivity index (χ2v) is 9.27. The standard InChI is InChI=1S/C22H46/c1-8-12-20(4)15-10-17-22(6,7)18-11-16-21(5)14-9-13-19(2)3/h19-21H,8-18H2,1-7H3. The summed E-state index contributed by atoms with van der Waals surface area (Å²) >= 11 is 0. The molecule has 0 rings (SSSR count). The van der Waals surface area contributed by atoms with Gasteiger partial charge < -0.3 is 0 Å². The first-order chi connectivity index (χ1) is 10.3. The fourth-order valence-corrected chi connectivity index (χ4v) is 3.64. The van der Waals surface area contributed by atoms with Crippen molar-refractivity contribution in [3.05, 3.63) is 0 Å². The molecular formula is C22H46. The molecule has 22 heavy (non-hydrogen) atoms. The van der Waals surface area contributed by atoms with Gasteiger partial charge in [-0.3, -0.25) is 0 Å². The van der Waals surface area contributed by atoms with Crippen LogP contribution in [0.25, 0.3) is 0 Å². The summed E-state index contributed by atoms with van der Waals surface area (Å²) in [6.45, 7) is 16.9. The molecule has 0 aromatic carbocycles. The van der Waals surface area contributed by atoms with Crippen molar-refractivity contribution in [1.29, 1.82) is 0 Å². The summed E-state index contributed by atoms with van der Waals surface area (Å²) in [5, 5.41) is 0. The van der Waals surface area contributed by atoms with E-state index < -0.39 is 0 Å². The molecule has 0 aromatic rings. The lowest BCUT2D eigenvalue weighted by molar-refractivity contribution is 0.266. The van der Waals surface area contributed by atoms with Gasteiger partial charge in [0, 0.05) is 0 Å². The molecule has 2 atom stereocenters. The van der Waals surface area contributed by atoms with Gasteiger partial charge in [0.2, 0.25) is 0 Å². The van der Waals surface area contributed by atoms with E-state index >= 15 is 0 Å². The fourth-order valence-electron chi connectivity index (χ4n) is 3.64. The topological polar surface area (TPSA) is 0 Å². The van der Waals surface area contributed by atoms with Crippen molar-refractivity contribution in [3.63, 3.8) is 0 Å². The fraction of sp³-hybridized carbons (Fsp3) is 1.00. The van der Waals surface area contributed by atoms with Crippen LogP contribution < -0.4 is 0 Å². The summed E-state index contributed by atoms with van der Waals surface area (Å²) in [6, 6.07) is 0. The quantitative estimate of drug-likeness (QED) is 0.303. The first-order valence-electron chi connectivity index (χ1n) is 10.3. The SMILES string of the molecule is CCCC(C)CCCC(C)(C)CCCC(C)CCCC(C)C. The minimum absolute atomic E-state index is 0.559. The Balaban J connectivity index is 3.69. The first-order valence-corrected chi connectivity index (χ1v) is 10.3. The normalized spacial score (nSPS) is 15.3. The molecule has 0 saturated heterocycles. The minimum atomic E-state index is 0.559. The van der Waals surface area contributed by atoms with Gasteiger partial charge in [-0.2, -0.15) is 0 Å². The maximum Gasteiger partial charge on any atom is -0.0354 e. The van der Waals surface area contributed by atoms with Gasteiger partial charge in [-0.05, 0) is 36.0 Å². The predicted molar refractivity (Wildman–Crippen MR) is 103 cm³/mol. The highest BCUT2D eigenvalue weighted by Gasteiger charge is 2.18. The van der Waals surface area contributed by atoms with Crippen LogP contribution in [0.15, 0.2) is 0 Å². The third-order valence-electron chi connectivity index (χ3n) is 5.36. The Kier molecular flexibility index (Phi) is 12.4. The summed E-state index contributed by atoms with van der Waals surface area (Å²) in [5.74, 6) is 2.74. The number of hydrogen-bond acceptors (Lipinski definition) is 0. The van der Waals surface area contributed by atoms with Gasteiger partial charge in [-0.1, -0.05) is 106 Å². The smallest absolute Gasteiger partial charge is 0.0354 e. The molecule has 0 spiro atoms. The number of rotatable bonds is 14. The van der Waals surface area contributed by atoms with Gasteiger partial charge in [-0.15, -0.1) is 0 Å². The van der Waals surface area contributed by atoms with Crippen LogP contribution in [0.4, 0.5) is 0 Å². The molecule has 0 aliphatic heterocycles. The van der Waals surface area contributed by atoms with Gasteiger partial charge in [0.15, 0.2) is 0 Å². The highest BCUT2D eigenvalue weighted by molar-refractivity contribution is 4.70. The Hall–Kier alpha value is 0. The molecule has 0 heterocycles. The molecule has 0 radical (unpaired) electrons. The van der Waals surface area contributed by atoms with Crippen molar-refractivity contribution in [3.8, 4) is 0 Å². The van der Waals surface area contributed by atoms with E-state index in [0.717, 1.165) is 17.8 Å². The third-order valence-corrected chi connectivity index (χ3v) is 5.36. The summed E-state index contributed by atoms with van der Waals surface area (Å²) in [7, 11) is 0. The van der Waals surface area contributed by atoms with E-state index in [1.54, 1.807) is 0 Å². The molecule has 0 aliphatic carbocycles. The molecular weight excluding hydrogens is 264 g/mol. The maximum atomic E-state index is 2.49. The largest absolute Gasteiger partial charge is 0.0654 e. The Morgan fingerprint density at radius 3 is 1.55 bits per heavy atom. The van der Waals surface area contributed by atoms with Gasteiger partial charge in [0.1, 0.15) is 0 Å². The molecule has 0 bridgehead atoms. The van der Waals surface area contributed by atoms with Crippen LogP contribution in [0, 0.1) is 23.2 Å². The molecule has 0 saturated carbocycles. The van der Waals surface area contributed by atoms with Crippen molar-refractivity contribution >= 4 is 0 Å². The van der Waals surface area contributed by atoms with Gasteiger partial charge in [-0.25, -0.2) is 0 Å². The molecule has 0 fully saturated rings. The molecule has 0 aromatic heterocycles. The van der Waals surface area contributed by atoms with E-state index in [1.807, 2.05) is 0 Å². The van der Waals surface area contributed by atoms with Gasteiger partial charge in [0.05, 0.1) is 0 Å². The maximum absolute atomic E-state index is 2.49. The van der Waals surface area contributed by atoms with Crippen LogP contribution in [-0.2, 0) is 0 Å². The van der Waals surface area contributed by atoms with Gasteiger partial charge in [0.25, 0.3) is 0 Å². The molecule has 0 amide bonds. The summed E-state index contributed by atoms with van der Waals surface area (Å²) in [5.41, 5.74) is 0.559. The summed E-state index contributed by atoms with van der Waals surface area (Å²) < 4.78 is 0. The minimum Gasteiger partial charge on any atom is -0.0654 e. The molecule has 134 valence electrons. The highest BCUT2D eigenvalue weighted by Crippen LogP contribution is 2.32. The molecule has 0 heteroatoms.